The topological polar surface area (TPSA) is 764 Å². The summed E-state index contributed by atoms with van der Waals surface area (Å²) in [6, 6.07) is -3.85. The van der Waals surface area contributed by atoms with Crippen LogP contribution in [0, 0.1) is 39.9 Å². The van der Waals surface area contributed by atoms with Crippen molar-refractivity contribution in [1.29, 1.82) is 0 Å². The predicted octanol–water partition coefficient (Wildman–Crippen LogP) is -1.36. The fraction of sp³-hybridized carbons (Fsp3) is 0.783. The first-order valence-corrected chi connectivity index (χ1v) is 43.5. The largest absolute Gasteiger partial charge is 3.00 e. The molecule has 51 nitrogen and oxygen atoms in total. The van der Waals surface area contributed by atoms with E-state index >= 15 is 0 Å². The molecule has 0 fully saturated rings. The summed E-state index contributed by atoms with van der Waals surface area (Å²) in [6.45, 7) is -10.5. The van der Waals surface area contributed by atoms with Crippen LogP contribution in [0.5, 0.6) is 0 Å². The molecule has 0 spiro atoms. The van der Waals surface area contributed by atoms with Crippen molar-refractivity contribution in [2.24, 2.45) is 0 Å². The third kappa shape index (κ3) is 76.6. The third-order valence-corrected chi connectivity index (χ3v) is 19.8. The molecule has 0 aromatic rings. The van der Waals surface area contributed by atoms with Gasteiger partial charge in [0.05, 0.1) is 138 Å². The van der Waals surface area contributed by atoms with Gasteiger partial charge >= 0.3 is 129 Å². The number of carboxylic acids is 15. The Hall–Kier alpha value is -6.66. The van der Waals surface area contributed by atoms with Gasteiger partial charge in [0.25, 0.3) is 23.5 Å². The first-order valence-electron chi connectivity index (χ1n) is 39.1. The maximum absolute atomic E-state index is 12.3. The Kier molecular flexibility index (Phi) is 72.1. The number of hydrogen-bond donors (Lipinski definition) is 15. The van der Waals surface area contributed by atoms with E-state index in [9.17, 15) is 146 Å². The van der Waals surface area contributed by atoms with Gasteiger partial charge in [-0.05, 0) is 19.3 Å². The number of phosphoric acid groups is 3. The van der Waals surface area contributed by atoms with E-state index in [1.54, 1.807) is 0 Å². The molecule has 0 aliphatic heterocycles. The fourth-order valence-electron chi connectivity index (χ4n) is 11.4. The zero-order valence-corrected chi connectivity index (χ0v) is 74.6. The molecule has 0 aromatic carbocycles. The molecule has 15 N–H and O–H groups in total. The Labute approximate surface area is 748 Å². The van der Waals surface area contributed by atoms with Gasteiger partial charge in [-0.25, -0.2) is 0 Å². The molecular weight excluding hydrogens is 1880 g/mol. The van der Waals surface area contributed by atoms with Crippen LogP contribution in [-0.4, -0.2) is 425 Å². The van der Waals surface area contributed by atoms with E-state index in [-0.39, 0.29) is 99.0 Å². The van der Waals surface area contributed by atoms with E-state index in [1.165, 1.54) is 0 Å². The minimum Gasteiger partial charge on any atom is -0.756 e. The van der Waals surface area contributed by atoms with Crippen LogP contribution in [-0.2, 0) is 113 Å². The summed E-state index contributed by atoms with van der Waals surface area (Å²) in [7, 11) is -14.7. The van der Waals surface area contributed by atoms with Crippen LogP contribution in [0.25, 0.3) is 0 Å². The minimum atomic E-state index is -4.89. The van der Waals surface area contributed by atoms with E-state index in [4.69, 9.17) is 57.8 Å². The molecule has 0 heterocycles. The van der Waals surface area contributed by atoms with Gasteiger partial charge in [0.1, 0.15) is 0 Å². The number of aliphatic carboxylic acids is 15. The van der Waals surface area contributed by atoms with E-state index in [1.807, 2.05) is 0 Å². The first kappa shape index (κ1) is 124. The summed E-state index contributed by atoms with van der Waals surface area (Å²) in [6.07, 6.45) is 15.6. The third-order valence-electron chi connectivity index (χ3n) is 16.9. The van der Waals surface area contributed by atoms with Crippen molar-refractivity contribution in [3.05, 3.63) is 0 Å². The van der Waals surface area contributed by atoms with Crippen molar-refractivity contribution in [2.45, 2.75) is 154 Å². The van der Waals surface area contributed by atoms with E-state index in [0.29, 0.717) is 19.3 Å². The summed E-state index contributed by atoms with van der Waals surface area (Å²) in [5.74, 6) is -20.7. The average molecular weight is 2000 g/mol. The van der Waals surface area contributed by atoms with Crippen molar-refractivity contribution >= 4 is 113 Å². The molecule has 1 radical (unpaired) electrons. The molecule has 0 aliphatic carbocycles. The Bertz CT molecular complexity index is 2910. The molecule has 0 amide bonds. The average Bonchev–Trinajstić information content (AvgIpc) is 0.871. The summed E-state index contributed by atoms with van der Waals surface area (Å²) in [5, 5.41) is 138. The van der Waals surface area contributed by atoms with Crippen molar-refractivity contribution in [2.75, 3.05) is 197 Å². The number of rotatable bonds is 81. The second kappa shape index (κ2) is 72.3. The molecule has 0 aliphatic rings. The van der Waals surface area contributed by atoms with E-state index in [0.717, 1.165) is 140 Å². The maximum Gasteiger partial charge on any atom is 3.00 e. The smallest absolute Gasteiger partial charge is 0.756 e. The van der Waals surface area contributed by atoms with Crippen molar-refractivity contribution < 1.29 is 244 Å². The zero-order valence-electron chi connectivity index (χ0n) is 69.6. The molecule has 0 saturated heterocycles. The Balaban J connectivity index is -0.000000867. The van der Waals surface area contributed by atoms with Crippen LogP contribution >= 0.6 is 23.5 Å². The van der Waals surface area contributed by atoms with Gasteiger partial charge in [-0.1, -0.05) is 117 Å². The summed E-state index contributed by atoms with van der Waals surface area (Å²) in [5.41, 5.74) is 0. The van der Waals surface area contributed by atoms with E-state index in [2.05, 4.69) is 20.8 Å². The fourth-order valence-corrected chi connectivity index (χ4v) is 13.8. The molecule has 0 rings (SSSR count). The number of nitrogens with zero attached hydrogens (tertiary/aromatic N) is 9. The van der Waals surface area contributed by atoms with Crippen LogP contribution in [0.15, 0.2) is 0 Å². The number of hydrogen-bond acceptors (Lipinski definition) is 36. The van der Waals surface area contributed by atoms with Crippen molar-refractivity contribution in [1.82, 2.24) is 44.1 Å². The summed E-state index contributed by atoms with van der Waals surface area (Å²) in [4.78, 5) is 215. The first-order chi connectivity index (χ1) is 57.4. The molecule has 55 heteroatoms. The van der Waals surface area contributed by atoms with Crippen LogP contribution < -0.4 is 14.7 Å². The Morgan fingerprint density at radius 3 is 0.540 bits per heavy atom. The monoisotopic (exact) mass is 2000 g/mol. The van der Waals surface area contributed by atoms with Crippen LogP contribution in [0.3, 0.4) is 0 Å². The molecule has 0 bridgehead atoms. The molecule has 124 heavy (non-hydrogen) atoms. The van der Waals surface area contributed by atoms with Crippen LogP contribution in [0.1, 0.15) is 136 Å². The van der Waals surface area contributed by atoms with Gasteiger partial charge in [-0.3, -0.25) is 130 Å². The molecule has 0 aromatic heterocycles. The molecule has 6 unspecified atom stereocenters. The zero-order chi connectivity index (χ0) is 94.3. The number of carbonyl (C=O) groups is 15. The van der Waals surface area contributed by atoms with Gasteiger partial charge in [0, 0.05) is 77.0 Å². The van der Waals surface area contributed by atoms with Gasteiger partial charge < -0.3 is 118 Å². The van der Waals surface area contributed by atoms with Crippen molar-refractivity contribution in [3.8, 4) is 0 Å². The minimum absolute atomic E-state index is 0. The Morgan fingerprint density at radius 2 is 0.379 bits per heavy atom. The van der Waals surface area contributed by atoms with Gasteiger partial charge in [-0.15, -0.1) is 0 Å². The van der Waals surface area contributed by atoms with E-state index < -0.39 is 269 Å². The SMILES string of the molecule is CCCCCCCCOP(=O)([O-])OCC(CN(CCN(CC(=O)O)CC(=O)O)CC(=O)O)N(CC(=O)O)CC(=O)O.CCCCCCCCOP(=O)([O-])OCC(CN(CCN(CC(=O)O)CC(=O)O)CC(=O)O)N(CC(=O)O)CC(=O)O.CCCCCCCCOP(=O)([O-])OCC(CN(CCN(CC(=O)O)CC(=O)O)CC(=O)O)N(CC(=O)O)CC(=O)O.[Gd+3]. The normalized spacial score (nSPS) is 13.7. The molecule has 6 atom stereocenters. The summed E-state index contributed by atoms with van der Waals surface area (Å²) < 4.78 is 66.3. The van der Waals surface area contributed by atoms with Gasteiger partial charge in [-0.2, -0.15) is 0 Å². The molecule has 719 valence electrons. The second-order valence-electron chi connectivity index (χ2n) is 28.0. The standard InChI is InChI=1S/3C23H42N3O14P.Gd/c3*1-2-3-4-5-6-7-10-39-41(37,38)40-17-18(26(15-22(33)34)16-23(35)36)11-24(12-19(27)28)8-9-25(13-20(29)30)14-21(31)32;/h3*18H,2-17H2,1H3,(H,27,28)(H,29,30)(H,31,32)(H,33,34)(H,35,36)(H,37,38);/q;;;+3/p-3. The van der Waals surface area contributed by atoms with Crippen LogP contribution in [0.2, 0.25) is 0 Å². The molecule has 0 saturated carbocycles. The predicted molar refractivity (Wildman–Crippen MR) is 418 cm³/mol. The Morgan fingerprint density at radius 1 is 0.234 bits per heavy atom. The molecular formula is C69H123GdN9O42P3. The van der Waals surface area contributed by atoms with Crippen LogP contribution in [0.4, 0.5) is 0 Å². The number of phosphoric ester groups is 3. The van der Waals surface area contributed by atoms with Crippen molar-refractivity contribution in [3.63, 3.8) is 0 Å². The maximum atomic E-state index is 12.3. The quantitative estimate of drug-likeness (QED) is 0.0247. The van der Waals surface area contributed by atoms with Gasteiger partial charge in [0.2, 0.25) is 0 Å². The van der Waals surface area contributed by atoms with Gasteiger partial charge in [0.15, 0.2) is 0 Å². The summed E-state index contributed by atoms with van der Waals surface area (Å²) >= 11 is 0. The second-order valence-corrected chi connectivity index (χ2v) is 32.2. The number of carboxylic acid groups (broad SMARTS) is 15. The number of unbranched alkanes of at least 4 members (excludes halogenated alkanes) is 15.